The average Bonchev–Trinajstić information content (AvgIpc) is 2.91. The molecule has 1 aromatic carbocycles. The third kappa shape index (κ3) is 1.90. The molecule has 0 amide bonds. The summed E-state index contributed by atoms with van der Waals surface area (Å²) in [6.07, 6.45) is 1.39. The van der Waals surface area contributed by atoms with Crippen LogP contribution in [0, 0.1) is 0 Å². The Kier molecular flexibility index (Phi) is 2.53. The maximum absolute atomic E-state index is 12.1. The molecule has 9 nitrogen and oxygen atoms in total. The number of nitrogens with zero attached hydrogens (tertiary/aromatic N) is 4. The topological polar surface area (TPSA) is 135 Å². The number of benzene rings is 1. The first kappa shape index (κ1) is 12.0. The molecule has 0 saturated heterocycles. The van der Waals surface area contributed by atoms with Crippen LogP contribution in [-0.2, 0) is 6.54 Å². The number of hydrogen-bond donors (Lipinski definition) is 2. The number of fused-ring (bicyclic) bond motifs is 1. The van der Waals surface area contributed by atoms with E-state index in [1.807, 2.05) is 0 Å². The lowest BCUT2D eigenvalue weighted by Gasteiger charge is -2.00. The summed E-state index contributed by atoms with van der Waals surface area (Å²) in [7, 11) is 0. The van der Waals surface area contributed by atoms with Crippen molar-refractivity contribution in [3.63, 3.8) is 0 Å². The van der Waals surface area contributed by atoms with Crippen LogP contribution in [0.3, 0.4) is 0 Å². The first-order valence-corrected chi connectivity index (χ1v) is 5.64. The number of nitrogen functional groups attached to an aromatic ring is 2. The van der Waals surface area contributed by atoms with Gasteiger partial charge >= 0.3 is 5.76 Å². The van der Waals surface area contributed by atoms with Gasteiger partial charge in [0, 0.05) is 11.8 Å². The Bertz CT molecular complexity index is 859. The van der Waals surface area contributed by atoms with Gasteiger partial charge in [-0.2, -0.15) is 0 Å². The van der Waals surface area contributed by atoms with Gasteiger partial charge in [0.1, 0.15) is 6.54 Å². The van der Waals surface area contributed by atoms with Crippen molar-refractivity contribution in [3.8, 4) is 0 Å². The molecule has 0 atom stereocenters. The second-order valence-electron chi connectivity index (χ2n) is 4.17. The van der Waals surface area contributed by atoms with Crippen molar-refractivity contribution in [2.24, 2.45) is 0 Å². The fraction of sp³-hybridized carbons (Fsp3) is 0.0909. The van der Waals surface area contributed by atoms with Crippen LogP contribution in [0.25, 0.3) is 11.1 Å². The van der Waals surface area contributed by atoms with Crippen LogP contribution in [0.15, 0.2) is 33.6 Å². The highest BCUT2D eigenvalue weighted by atomic mass is 16.4. The van der Waals surface area contributed by atoms with Crippen LogP contribution >= 0.6 is 0 Å². The third-order valence-corrected chi connectivity index (χ3v) is 2.71. The summed E-state index contributed by atoms with van der Waals surface area (Å²) in [5.74, 6) is -1.10. The zero-order chi connectivity index (χ0) is 14.3. The second kappa shape index (κ2) is 4.23. The van der Waals surface area contributed by atoms with Crippen LogP contribution in [0.4, 0.5) is 11.5 Å². The first-order valence-electron chi connectivity index (χ1n) is 5.64. The Morgan fingerprint density at radius 2 is 2.15 bits per heavy atom. The predicted molar refractivity (Wildman–Crippen MR) is 69.9 cm³/mol. The Balaban J connectivity index is 2.03. The Morgan fingerprint density at radius 3 is 2.85 bits per heavy atom. The lowest BCUT2D eigenvalue weighted by Crippen LogP contribution is -2.26. The van der Waals surface area contributed by atoms with Crippen LogP contribution in [0.1, 0.15) is 4.79 Å². The highest BCUT2D eigenvalue weighted by Gasteiger charge is 2.17. The Morgan fingerprint density at radius 1 is 1.35 bits per heavy atom. The molecule has 102 valence electrons. The van der Waals surface area contributed by atoms with Gasteiger partial charge in [-0.3, -0.25) is 4.79 Å². The minimum atomic E-state index is -0.774. The molecule has 2 aromatic heterocycles. The number of oxazole rings is 1. The zero-order valence-corrected chi connectivity index (χ0v) is 10.2. The van der Waals surface area contributed by atoms with Crippen molar-refractivity contribution in [2.75, 3.05) is 11.5 Å². The van der Waals surface area contributed by atoms with E-state index in [1.165, 1.54) is 16.9 Å². The normalized spacial score (nSPS) is 11.0. The van der Waals surface area contributed by atoms with Gasteiger partial charge in [0.2, 0.25) is 0 Å². The van der Waals surface area contributed by atoms with Gasteiger partial charge in [0.05, 0.1) is 11.7 Å². The number of rotatable bonds is 2. The Labute approximate surface area is 111 Å². The number of carbonyl (C=O) groups excluding carboxylic acids is 1. The van der Waals surface area contributed by atoms with E-state index < -0.39 is 11.7 Å². The van der Waals surface area contributed by atoms with Crippen molar-refractivity contribution in [1.82, 2.24) is 19.6 Å². The molecular weight excluding hydrogens is 264 g/mol. The molecule has 3 aromatic rings. The van der Waals surface area contributed by atoms with E-state index in [2.05, 4.69) is 10.3 Å². The zero-order valence-electron chi connectivity index (χ0n) is 10.2. The van der Waals surface area contributed by atoms with Gasteiger partial charge in [-0.1, -0.05) is 5.21 Å². The summed E-state index contributed by atoms with van der Waals surface area (Å²) in [5, 5.41) is 7.20. The number of hydrogen-bond acceptors (Lipinski definition) is 7. The molecule has 0 aliphatic rings. The number of aromatic nitrogens is 4. The summed E-state index contributed by atoms with van der Waals surface area (Å²) < 4.78 is 7.14. The molecule has 4 N–H and O–H groups in total. The van der Waals surface area contributed by atoms with Gasteiger partial charge in [0.25, 0.3) is 5.91 Å². The fourth-order valence-corrected chi connectivity index (χ4v) is 1.87. The van der Waals surface area contributed by atoms with Crippen molar-refractivity contribution < 1.29 is 9.21 Å². The molecule has 0 unspecified atom stereocenters. The lowest BCUT2D eigenvalue weighted by molar-refractivity contribution is 0.0882. The largest absolute Gasteiger partial charge is 0.426 e. The first-order chi connectivity index (χ1) is 9.54. The maximum Gasteiger partial charge on any atom is 0.426 e. The van der Waals surface area contributed by atoms with Crippen LogP contribution in [0.5, 0.6) is 0 Å². The molecule has 3 rings (SSSR count). The molecule has 0 aliphatic heterocycles. The van der Waals surface area contributed by atoms with Crippen molar-refractivity contribution in [1.29, 1.82) is 0 Å². The number of anilines is 2. The van der Waals surface area contributed by atoms with E-state index in [1.54, 1.807) is 12.1 Å². The molecule has 2 heterocycles. The van der Waals surface area contributed by atoms with Crippen molar-refractivity contribution in [2.45, 2.75) is 6.54 Å². The molecule has 0 spiro atoms. The summed E-state index contributed by atoms with van der Waals surface area (Å²) in [4.78, 5) is 23.9. The van der Waals surface area contributed by atoms with E-state index >= 15 is 0 Å². The standard InChI is InChI=1S/C11H10N6O3/c12-6-1-2-7-8(3-6)20-11(19)17(7)10(18)5-16-4-9(13)14-15-16/h1-4H,5,12-13H2. The minimum absolute atomic E-state index is 0.177. The highest BCUT2D eigenvalue weighted by molar-refractivity contribution is 5.90. The van der Waals surface area contributed by atoms with Crippen molar-refractivity contribution >= 4 is 28.5 Å². The van der Waals surface area contributed by atoms with E-state index in [0.717, 1.165) is 4.57 Å². The van der Waals surface area contributed by atoms with Crippen LogP contribution < -0.4 is 17.2 Å². The Hall–Kier alpha value is -3.10. The smallest absolute Gasteiger partial charge is 0.407 e. The SMILES string of the molecule is Nc1ccc2c(c1)oc(=O)n2C(=O)Cn1cc(N)nn1. The molecule has 0 saturated carbocycles. The number of nitrogens with two attached hydrogens (primary N) is 2. The molecule has 0 fully saturated rings. The molecule has 0 bridgehead atoms. The second-order valence-corrected chi connectivity index (χ2v) is 4.17. The number of carbonyl (C=O) groups is 1. The lowest BCUT2D eigenvalue weighted by atomic mass is 10.3. The summed E-state index contributed by atoms with van der Waals surface area (Å²) in [6, 6.07) is 4.60. The van der Waals surface area contributed by atoms with Gasteiger partial charge in [0.15, 0.2) is 11.4 Å². The van der Waals surface area contributed by atoms with E-state index in [0.29, 0.717) is 11.2 Å². The summed E-state index contributed by atoms with van der Waals surface area (Å²) in [6.45, 7) is -0.177. The van der Waals surface area contributed by atoms with Gasteiger partial charge < -0.3 is 15.9 Å². The van der Waals surface area contributed by atoms with E-state index in [4.69, 9.17) is 15.9 Å². The van der Waals surface area contributed by atoms with Gasteiger partial charge in [-0.05, 0) is 12.1 Å². The van der Waals surface area contributed by atoms with E-state index in [-0.39, 0.29) is 17.9 Å². The molecule has 9 heteroatoms. The summed E-state index contributed by atoms with van der Waals surface area (Å²) in [5.41, 5.74) is 12.0. The monoisotopic (exact) mass is 274 g/mol. The molecular formula is C11H10N6O3. The van der Waals surface area contributed by atoms with Crippen LogP contribution in [0.2, 0.25) is 0 Å². The van der Waals surface area contributed by atoms with Crippen molar-refractivity contribution in [3.05, 3.63) is 34.9 Å². The minimum Gasteiger partial charge on any atom is -0.407 e. The molecule has 0 radical (unpaired) electrons. The quantitative estimate of drug-likeness (QED) is 0.612. The average molecular weight is 274 g/mol. The highest BCUT2D eigenvalue weighted by Crippen LogP contribution is 2.16. The van der Waals surface area contributed by atoms with E-state index in [9.17, 15) is 9.59 Å². The molecule has 0 aliphatic carbocycles. The maximum atomic E-state index is 12.1. The molecule has 20 heavy (non-hydrogen) atoms. The fourth-order valence-electron chi connectivity index (χ4n) is 1.87. The van der Waals surface area contributed by atoms with Crippen LogP contribution in [-0.4, -0.2) is 25.5 Å². The predicted octanol–water partition coefficient (Wildman–Crippen LogP) is -0.309. The third-order valence-electron chi connectivity index (χ3n) is 2.71. The summed E-state index contributed by atoms with van der Waals surface area (Å²) >= 11 is 0. The van der Waals surface area contributed by atoms with Gasteiger partial charge in [-0.25, -0.2) is 14.0 Å². The van der Waals surface area contributed by atoms with Gasteiger partial charge in [-0.15, -0.1) is 5.10 Å².